The number of nitrogens with zero attached hydrogens (tertiary/aromatic N) is 3. The predicted octanol–water partition coefficient (Wildman–Crippen LogP) is 5.50. The second kappa shape index (κ2) is 12.5. The molecule has 0 unspecified atom stereocenters. The van der Waals surface area contributed by atoms with Crippen LogP contribution in [0.2, 0.25) is 0 Å². The number of amides is 4. The smallest absolute Gasteiger partial charge is 0.330 e. The maximum Gasteiger partial charge on any atom is 0.330 e. The number of hydrogen-bond donors (Lipinski definition) is 3. The lowest BCUT2D eigenvalue weighted by atomic mass is 9.90. The average molecular weight is 565 g/mol. The molecule has 3 N–H and O–H groups in total. The Morgan fingerprint density at radius 3 is 2.62 bits per heavy atom. The van der Waals surface area contributed by atoms with Crippen molar-refractivity contribution in [3.63, 3.8) is 0 Å². The van der Waals surface area contributed by atoms with Crippen LogP contribution in [0.5, 0.6) is 0 Å². The van der Waals surface area contributed by atoms with Crippen LogP contribution in [-0.4, -0.2) is 48.2 Å². The zero-order chi connectivity index (χ0) is 29.0. The lowest BCUT2D eigenvalue weighted by Gasteiger charge is -2.32. The predicted molar refractivity (Wildman–Crippen MR) is 160 cm³/mol. The summed E-state index contributed by atoms with van der Waals surface area (Å²) in [5.41, 5.74) is 2.52. The molecule has 0 spiro atoms. The first kappa shape index (κ1) is 29.0. The number of pyridine rings is 1. The Labute approximate surface area is 238 Å². The van der Waals surface area contributed by atoms with Gasteiger partial charge in [-0.2, -0.15) is 0 Å². The van der Waals surface area contributed by atoms with Crippen molar-refractivity contribution in [3.8, 4) is 0 Å². The molecule has 2 aliphatic rings. The first-order valence-corrected chi connectivity index (χ1v) is 14.2. The molecule has 40 heavy (non-hydrogen) atoms. The van der Waals surface area contributed by atoms with Gasteiger partial charge in [-0.25, -0.2) is 14.8 Å². The van der Waals surface area contributed by atoms with Crippen molar-refractivity contribution >= 4 is 57.5 Å². The third-order valence-electron chi connectivity index (χ3n) is 7.01. The van der Waals surface area contributed by atoms with Crippen LogP contribution in [0.3, 0.4) is 0 Å². The Morgan fingerprint density at radius 2 is 1.98 bits per heavy atom. The van der Waals surface area contributed by atoms with E-state index in [1.165, 1.54) is 17.4 Å². The van der Waals surface area contributed by atoms with Gasteiger partial charge >= 0.3 is 6.03 Å². The minimum atomic E-state index is -0.386. The van der Waals surface area contributed by atoms with Crippen molar-refractivity contribution in [1.29, 1.82) is 0 Å². The van der Waals surface area contributed by atoms with Gasteiger partial charge < -0.3 is 20.7 Å². The van der Waals surface area contributed by atoms with Crippen LogP contribution in [0.15, 0.2) is 53.1 Å². The number of carbonyl (C=O) groups is 3. The van der Waals surface area contributed by atoms with Crippen LogP contribution >= 0.6 is 11.3 Å². The molecule has 3 heterocycles. The second-order valence-electron chi connectivity index (χ2n) is 10.4. The van der Waals surface area contributed by atoms with Gasteiger partial charge in [-0.05, 0) is 57.0 Å². The van der Waals surface area contributed by atoms with E-state index in [4.69, 9.17) is 4.74 Å². The van der Waals surface area contributed by atoms with Gasteiger partial charge in [0.2, 0.25) is 11.8 Å². The summed E-state index contributed by atoms with van der Waals surface area (Å²) in [5.74, 6) is 0.133. The maximum atomic E-state index is 13.5. The zero-order valence-corrected chi connectivity index (χ0v) is 24.2. The van der Waals surface area contributed by atoms with E-state index in [-0.39, 0.29) is 29.9 Å². The van der Waals surface area contributed by atoms with Gasteiger partial charge in [-0.1, -0.05) is 33.3 Å². The number of allylic oxidation sites excluding steroid dienone is 3. The van der Waals surface area contributed by atoms with Crippen LogP contribution < -0.4 is 20.9 Å². The van der Waals surface area contributed by atoms with Crippen molar-refractivity contribution in [1.82, 2.24) is 15.6 Å². The van der Waals surface area contributed by atoms with Crippen LogP contribution in [0.25, 0.3) is 10.2 Å². The number of aliphatic imine (C=N–C) groups is 1. The van der Waals surface area contributed by atoms with E-state index in [0.717, 1.165) is 31.3 Å². The largest absolute Gasteiger partial charge is 0.477 e. The van der Waals surface area contributed by atoms with Gasteiger partial charge in [0.1, 0.15) is 9.71 Å². The van der Waals surface area contributed by atoms with Gasteiger partial charge in [0.25, 0.3) is 5.91 Å². The highest BCUT2D eigenvalue weighted by Gasteiger charge is 2.34. The van der Waals surface area contributed by atoms with E-state index >= 15 is 0 Å². The van der Waals surface area contributed by atoms with Gasteiger partial charge in [-0.15, -0.1) is 11.3 Å². The molecule has 0 aromatic carbocycles. The lowest BCUT2D eigenvalue weighted by molar-refractivity contribution is -0.117. The molecule has 4 amide bonds. The monoisotopic (exact) mass is 564 g/mol. The van der Waals surface area contributed by atoms with E-state index in [2.05, 4.69) is 39.2 Å². The fourth-order valence-electron chi connectivity index (χ4n) is 4.88. The number of carbonyl (C=O) groups excluding carboxylic acids is 3. The number of nitrogens with one attached hydrogen (secondary N) is 3. The minimum absolute atomic E-state index is 0.184. The number of anilines is 2. The summed E-state index contributed by atoms with van der Waals surface area (Å²) >= 11 is 1.23. The van der Waals surface area contributed by atoms with E-state index in [0.29, 0.717) is 50.6 Å². The number of aromatic nitrogens is 1. The molecular formula is C29H36N6O4S. The highest BCUT2D eigenvalue weighted by molar-refractivity contribution is 7.21. The molecule has 11 heteroatoms. The number of ether oxygens (including phenoxy) is 1. The standard InChI is InChI=1S/C29H36N6O4S/c1-7-22(36)32-19-10-8-9-11-20(19)33-27(37)26-25-24-21(12-13-31-28(24)40-26)35(29(38)34-25)18(5)17(4)14-23(30-6)39-15-16(2)3/h7,12-14,16,19-20H,1,6,8-11,15H2,2-5H3,(H,32,36)(H,33,37)(H,34,38)/b18-17+,23-14+/t19-,20+/m0/s1. The Hall–Kier alpha value is -3.99. The summed E-state index contributed by atoms with van der Waals surface area (Å²) in [7, 11) is 0. The van der Waals surface area contributed by atoms with E-state index in [1.54, 1.807) is 23.2 Å². The zero-order valence-electron chi connectivity index (χ0n) is 23.4. The number of hydrogen-bond acceptors (Lipinski definition) is 7. The Balaban J connectivity index is 1.66. The third kappa shape index (κ3) is 6.09. The molecule has 1 saturated carbocycles. The molecule has 212 valence electrons. The molecule has 4 rings (SSSR count). The SMILES string of the molecule is C=CC(=O)N[C@H]1CCCC[C@H]1NC(=O)c1sc2nccc3c2c1NC(=O)N3/C(C)=C(C)/C=C(\N=C)OCC(C)C. The molecule has 10 nitrogen and oxygen atoms in total. The topological polar surface area (TPSA) is 125 Å². The van der Waals surface area contributed by atoms with Gasteiger partial charge in [0.05, 0.1) is 23.4 Å². The molecule has 0 bridgehead atoms. The van der Waals surface area contributed by atoms with Crippen LogP contribution in [0, 0.1) is 5.92 Å². The summed E-state index contributed by atoms with van der Waals surface area (Å²) in [6.45, 7) is 15.4. The molecule has 2 aromatic heterocycles. The van der Waals surface area contributed by atoms with Crippen molar-refractivity contribution in [2.45, 2.75) is 65.5 Å². The fourth-order valence-corrected chi connectivity index (χ4v) is 5.90. The Bertz CT molecular complexity index is 1410. The first-order chi connectivity index (χ1) is 19.1. The first-order valence-electron chi connectivity index (χ1n) is 13.4. The van der Waals surface area contributed by atoms with Crippen molar-refractivity contribution < 1.29 is 19.1 Å². The lowest BCUT2D eigenvalue weighted by Crippen LogP contribution is -2.52. The van der Waals surface area contributed by atoms with Crippen molar-refractivity contribution in [3.05, 3.63) is 53.0 Å². The Kier molecular flexibility index (Phi) is 9.03. The number of urea groups is 1. The molecule has 2 atom stereocenters. The highest BCUT2D eigenvalue weighted by Crippen LogP contribution is 2.44. The highest BCUT2D eigenvalue weighted by atomic mass is 32.1. The van der Waals surface area contributed by atoms with Crippen LogP contribution in [0.4, 0.5) is 16.2 Å². The van der Waals surface area contributed by atoms with Crippen LogP contribution in [0.1, 0.15) is 63.0 Å². The average Bonchev–Trinajstić information content (AvgIpc) is 3.31. The molecule has 1 aliphatic heterocycles. The molecule has 1 aliphatic carbocycles. The maximum absolute atomic E-state index is 13.5. The van der Waals surface area contributed by atoms with Crippen molar-refractivity contribution in [2.75, 3.05) is 16.8 Å². The molecule has 1 fully saturated rings. The molecule has 2 aromatic rings. The van der Waals surface area contributed by atoms with Gasteiger partial charge in [-0.3, -0.25) is 14.5 Å². The van der Waals surface area contributed by atoms with E-state index < -0.39 is 0 Å². The number of thiophene rings is 1. The summed E-state index contributed by atoms with van der Waals surface area (Å²) < 4.78 is 5.73. The van der Waals surface area contributed by atoms with Crippen molar-refractivity contribution in [2.24, 2.45) is 10.9 Å². The summed E-state index contributed by atoms with van der Waals surface area (Å²) in [6, 6.07) is 0.971. The molecular weight excluding hydrogens is 528 g/mol. The summed E-state index contributed by atoms with van der Waals surface area (Å²) in [5, 5.41) is 9.65. The fraction of sp³-hybridized carbons (Fsp3) is 0.414. The number of rotatable bonds is 10. The third-order valence-corrected chi connectivity index (χ3v) is 8.11. The Morgan fingerprint density at radius 1 is 1.27 bits per heavy atom. The second-order valence-corrected chi connectivity index (χ2v) is 11.4. The summed E-state index contributed by atoms with van der Waals surface area (Å²) in [4.78, 5) is 50.0. The van der Waals surface area contributed by atoms with Gasteiger partial charge in [0, 0.05) is 30.1 Å². The molecule has 0 radical (unpaired) electrons. The van der Waals surface area contributed by atoms with Gasteiger partial charge in [0.15, 0.2) is 0 Å². The molecule has 0 saturated heterocycles. The summed E-state index contributed by atoms with van der Waals surface area (Å²) in [6.07, 6.45) is 8.06. The quantitative estimate of drug-likeness (QED) is 0.152. The minimum Gasteiger partial charge on any atom is -0.477 e. The van der Waals surface area contributed by atoms with E-state index in [1.807, 2.05) is 27.7 Å². The van der Waals surface area contributed by atoms with E-state index in [9.17, 15) is 14.4 Å². The normalized spacial score (nSPS) is 19.6. The van der Waals surface area contributed by atoms with Crippen LogP contribution in [-0.2, 0) is 9.53 Å².